The fourth-order valence-electron chi connectivity index (χ4n) is 1.56. The zero-order valence-electron chi connectivity index (χ0n) is 10.2. The topological polar surface area (TPSA) is 82.8 Å². The van der Waals surface area contributed by atoms with Gasteiger partial charge in [0.2, 0.25) is 12.7 Å². The summed E-state index contributed by atoms with van der Waals surface area (Å²) in [5.74, 6) is 0.927. The number of rotatable bonds is 5. The van der Waals surface area contributed by atoms with Gasteiger partial charge in [0.05, 0.1) is 11.4 Å². The average Bonchev–Trinajstić information content (AvgIpc) is 2.77. The van der Waals surface area contributed by atoms with E-state index in [4.69, 9.17) is 19.9 Å². The molecule has 6 heteroatoms. The van der Waals surface area contributed by atoms with Crippen molar-refractivity contribution in [1.29, 1.82) is 0 Å². The van der Waals surface area contributed by atoms with Crippen molar-refractivity contribution >= 4 is 17.3 Å². The highest BCUT2D eigenvalue weighted by atomic mass is 16.7. The molecule has 98 valence electrons. The van der Waals surface area contributed by atoms with Crippen molar-refractivity contribution in [3.8, 4) is 11.5 Å². The second kappa shape index (κ2) is 5.59. The largest absolute Gasteiger partial charge is 0.454 e. The normalized spacial score (nSPS) is 12.5. The highest BCUT2D eigenvalue weighted by Gasteiger charge is 2.17. The van der Waals surface area contributed by atoms with Crippen LogP contribution in [-0.2, 0) is 9.53 Å². The number of carbonyl (C=O) groups excluding carboxylic acids is 1. The molecule has 18 heavy (non-hydrogen) atoms. The maximum absolute atomic E-state index is 11.6. The molecule has 0 bridgehead atoms. The molecule has 0 aromatic heterocycles. The van der Waals surface area contributed by atoms with E-state index >= 15 is 0 Å². The molecule has 1 aliphatic rings. The molecule has 0 aliphatic carbocycles. The lowest BCUT2D eigenvalue weighted by Gasteiger charge is -2.09. The lowest BCUT2D eigenvalue weighted by atomic mass is 10.2. The summed E-state index contributed by atoms with van der Waals surface area (Å²) in [6.45, 7) is 2.73. The van der Waals surface area contributed by atoms with E-state index < -0.39 is 0 Å². The minimum atomic E-state index is -0.242. The van der Waals surface area contributed by atoms with Crippen molar-refractivity contribution in [3.63, 3.8) is 0 Å². The maximum Gasteiger partial charge on any atom is 0.250 e. The number of fused-ring (bicyclic) bond motifs is 1. The van der Waals surface area contributed by atoms with Crippen molar-refractivity contribution in [2.45, 2.75) is 13.3 Å². The maximum atomic E-state index is 11.6. The molecule has 0 fully saturated rings. The number of carbonyl (C=O) groups is 1. The minimum absolute atomic E-state index is 0.0156. The molecule has 0 radical (unpaired) electrons. The van der Waals surface area contributed by atoms with Gasteiger partial charge in [0, 0.05) is 18.7 Å². The fourth-order valence-corrected chi connectivity index (χ4v) is 1.56. The molecule has 1 aliphatic heterocycles. The monoisotopic (exact) mass is 252 g/mol. The summed E-state index contributed by atoms with van der Waals surface area (Å²) >= 11 is 0. The summed E-state index contributed by atoms with van der Waals surface area (Å²) in [6.07, 6.45) is 0.874. The third kappa shape index (κ3) is 2.84. The third-order valence-electron chi connectivity index (χ3n) is 2.40. The van der Waals surface area contributed by atoms with E-state index in [9.17, 15) is 4.79 Å². The Morgan fingerprint density at radius 2 is 2.17 bits per heavy atom. The van der Waals surface area contributed by atoms with Gasteiger partial charge in [0.15, 0.2) is 11.5 Å². The van der Waals surface area contributed by atoms with Crippen LogP contribution in [-0.4, -0.2) is 25.9 Å². The first-order chi connectivity index (χ1) is 8.70. The van der Waals surface area contributed by atoms with Gasteiger partial charge in [0.1, 0.15) is 6.61 Å². The van der Waals surface area contributed by atoms with Gasteiger partial charge >= 0.3 is 0 Å². The summed E-state index contributed by atoms with van der Waals surface area (Å²) in [4.78, 5) is 11.6. The average molecular weight is 252 g/mol. The quantitative estimate of drug-likeness (QED) is 0.610. The Bertz CT molecular complexity index is 448. The summed E-state index contributed by atoms with van der Waals surface area (Å²) in [5, 5.41) is 2.67. The summed E-state index contributed by atoms with van der Waals surface area (Å²) in [5.41, 5.74) is 6.74. The molecular formula is C12H16N2O4. The molecule has 1 aromatic carbocycles. The number of nitrogen functional groups attached to an aromatic ring is 1. The zero-order valence-corrected chi connectivity index (χ0v) is 10.2. The molecule has 1 amide bonds. The van der Waals surface area contributed by atoms with Crippen LogP contribution >= 0.6 is 0 Å². The number of anilines is 2. The molecule has 0 spiro atoms. The SMILES string of the molecule is CCCOCC(=O)Nc1cc2c(cc1N)OCO2. The van der Waals surface area contributed by atoms with E-state index in [1.54, 1.807) is 12.1 Å². The first kappa shape index (κ1) is 12.5. The molecule has 1 aromatic rings. The number of hydrogen-bond acceptors (Lipinski definition) is 5. The first-order valence-electron chi connectivity index (χ1n) is 5.77. The van der Waals surface area contributed by atoms with Gasteiger partial charge in [-0.1, -0.05) is 6.92 Å². The number of nitrogens with two attached hydrogens (primary N) is 1. The highest BCUT2D eigenvalue weighted by Crippen LogP contribution is 2.38. The van der Waals surface area contributed by atoms with Crippen LogP contribution in [0.1, 0.15) is 13.3 Å². The molecule has 6 nitrogen and oxygen atoms in total. The standard InChI is InChI=1S/C12H16N2O4/c1-2-3-16-6-12(15)14-9-5-11-10(4-8(9)13)17-7-18-11/h4-5H,2-3,6-7,13H2,1H3,(H,14,15). The summed E-state index contributed by atoms with van der Waals surface area (Å²) in [7, 11) is 0. The smallest absolute Gasteiger partial charge is 0.250 e. The van der Waals surface area contributed by atoms with Gasteiger partial charge in [-0.3, -0.25) is 4.79 Å². The van der Waals surface area contributed by atoms with Crippen molar-refractivity contribution in [2.24, 2.45) is 0 Å². The lowest BCUT2D eigenvalue weighted by Crippen LogP contribution is -2.19. The number of amides is 1. The number of nitrogens with one attached hydrogen (secondary N) is 1. The van der Waals surface area contributed by atoms with Crippen molar-refractivity contribution in [3.05, 3.63) is 12.1 Å². The zero-order chi connectivity index (χ0) is 13.0. The lowest BCUT2D eigenvalue weighted by molar-refractivity contribution is -0.120. The van der Waals surface area contributed by atoms with E-state index in [1.165, 1.54) is 0 Å². The minimum Gasteiger partial charge on any atom is -0.454 e. The predicted molar refractivity (Wildman–Crippen MR) is 66.7 cm³/mol. The Hall–Kier alpha value is -1.95. The van der Waals surface area contributed by atoms with E-state index in [-0.39, 0.29) is 19.3 Å². The van der Waals surface area contributed by atoms with Gasteiger partial charge in [-0.15, -0.1) is 0 Å². The van der Waals surface area contributed by atoms with E-state index in [1.807, 2.05) is 6.92 Å². The van der Waals surface area contributed by atoms with Crippen molar-refractivity contribution < 1.29 is 19.0 Å². The van der Waals surface area contributed by atoms with E-state index in [0.29, 0.717) is 29.5 Å². The fraction of sp³-hybridized carbons (Fsp3) is 0.417. The molecule has 1 heterocycles. The Morgan fingerprint density at radius 1 is 1.44 bits per heavy atom. The van der Waals surface area contributed by atoms with E-state index in [0.717, 1.165) is 6.42 Å². The highest BCUT2D eigenvalue weighted by molar-refractivity contribution is 5.95. The molecule has 0 atom stereocenters. The van der Waals surface area contributed by atoms with E-state index in [2.05, 4.69) is 5.32 Å². The molecule has 0 saturated carbocycles. The van der Waals surface area contributed by atoms with Gasteiger partial charge in [-0.2, -0.15) is 0 Å². The van der Waals surface area contributed by atoms with Crippen LogP contribution in [0.3, 0.4) is 0 Å². The van der Waals surface area contributed by atoms with Crippen LogP contribution < -0.4 is 20.5 Å². The molecule has 0 unspecified atom stereocenters. The van der Waals surface area contributed by atoms with Crippen LogP contribution in [0.2, 0.25) is 0 Å². The predicted octanol–water partition coefficient (Wildman–Crippen LogP) is 1.36. The number of benzene rings is 1. The van der Waals surface area contributed by atoms with Crippen LogP contribution in [0.25, 0.3) is 0 Å². The molecule has 3 N–H and O–H groups in total. The first-order valence-corrected chi connectivity index (χ1v) is 5.77. The molecule has 2 rings (SSSR count). The second-order valence-corrected chi connectivity index (χ2v) is 3.89. The van der Waals surface area contributed by atoms with Crippen LogP contribution in [0.5, 0.6) is 11.5 Å². The van der Waals surface area contributed by atoms with Gasteiger partial charge in [-0.05, 0) is 6.42 Å². The Kier molecular flexibility index (Phi) is 3.88. The van der Waals surface area contributed by atoms with Gasteiger partial charge in [-0.25, -0.2) is 0 Å². The molecular weight excluding hydrogens is 236 g/mol. The summed E-state index contributed by atoms with van der Waals surface area (Å²) in [6, 6.07) is 3.28. The summed E-state index contributed by atoms with van der Waals surface area (Å²) < 4.78 is 15.5. The number of ether oxygens (including phenoxy) is 3. The van der Waals surface area contributed by atoms with Gasteiger partial charge < -0.3 is 25.3 Å². The van der Waals surface area contributed by atoms with Gasteiger partial charge in [0.25, 0.3) is 0 Å². The Labute approximate surface area is 105 Å². The van der Waals surface area contributed by atoms with Crippen LogP contribution in [0.15, 0.2) is 12.1 Å². The Balaban J connectivity index is 1.99. The van der Waals surface area contributed by atoms with Crippen LogP contribution in [0, 0.1) is 0 Å². The third-order valence-corrected chi connectivity index (χ3v) is 2.40. The van der Waals surface area contributed by atoms with Crippen molar-refractivity contribution in [2.75, 3.05) is 31.1 Å². The number of hydrogen-bond donors (Lipinski definition) is 2. The Morgan fingerprint density at radius 3 is 2.89 bits per heavy atom. The second-order valence-electron chi connectivity index (χ2n) is 3.89. The van der Waals surface area contributed by atoms with Crippen LogP contribution in [0.4, 0.5) is 11.4 Å². The molecule has 0 saturated heterocycles. The van der Waals surface area contributed by atoms with Crippen molar-refractivity contribution in [1.82, 2.24) is 0 Å².